The van der Waals surface area contributed by atoms with E-state index in [1.807, 2.05) is 0 Å². The summed E-state index contributed by atoms with van der Waals surface area (Å²) in [6.45, 7) is 0. The minimum Gasteiger partial charge on any atom is -0.478 e. The zero-order chi connectivity index (χ0) is 22.4. The van der Waals surface area contributed by atoms with E-state index < -0.39 is 17.8 Å². The van der Waals surface area contributed by atoms with Crippen LogP contribution in [0.1, 0.15) is 28.8 Å². The largest absolute Gasteiger partial charge is 0.478 e. The molecule has 3 rings (SSSR count). The monoisotopic (exact) mass is 441 g/mol. The lowest BCUT2D eigenvalue weighted by atomic mass is 10.2. The lowest BCUT2D eigenvalue weighted by molar-refractivity contribution is -0.124. The Hall–Kier alpha value is -3.98. The van der Waals surface area contributed by atoms with Gasteiger partial charge in [-0.05, 0) is 30.3 Å². The number of amides is 2. The van der Waals surface area contributed by atoms with Gasteiger partial charge in [0.2, 0.25) is 17.2 Å². The van der Waals surface area contributed by atoms with Crippen LogP contribution < -0.4 is 16.2 Å². The first-order valence-electron chi connectivity index (χ1n) is 8.99. The highest BCUT2D eigenvalue weighted by atomic mass is 35.5. The fraction of sp³-hybridized carbons (Fsp3) is 0.0952. The van der Waals surface area contributed by atoms with Crippen molar-refractivity contribution in [1.82, 2.24) is 5.43 Å². The molecule has 0 saturated heterocycles. The van der Waals surface area contributed by atoms with E-state index in [0.717, 1.165) is 6.21 Å². The van der Waals surface area contributed by atoms with Gasteiger partial charge in [-0.2, -0.15) is 5.10 Å². The van der Waals surface area contributed by atoms with E-state index in [2.05, 4.69) is 15.8 Å². The third-order valence-electron chi connectivity index (χ3n) is 4.13. The summed E-state index contributed by atoms with van der Waals surface area (Å²) in [5.41, 5.74) is 2.70. The first kappa shape index (κ1) is 21.7. The maximum Gasteiger partial charge on any atom is 0.335 e. The molecule has 0 fully saturated rings. The molecule has 0 aliphatic heterocycles. The number of carboxylic acid groups (broad SMARTS) is 1. The van der Waals surface area contributed by atoms with Crippen LogP contribution in [0.3, 0.4) is 0 Å². The third kappa shape index (κ3) is 5.77. The number of halogens is 1. The zero-order valence-electron chi connectivity index (χ0n) is 15.9. The number of carboxylic acids is 1. The Morgan fingerprint density at radius 1 is 1.10 bits per heavy atom. The lowest BCUT2D eigenvalue weighted by Crippen LogP contribution is -2.21. The highest BCUT2D eigenvalue weighted by Crippen LogP contribution is 2.17. The highest BCUT2D eigenvalue weighted by molar-refractivity contribution is 6.31. The second kappa shape index (κ2) is 9.68. The standard InChI is InChI=1S/C21H16ClN3O6/c22-14-4-5-16-17(9-14)31-11-13(20(16)28)10-23-25-19(27)7-6-18(26)24-15-3-1-2-12(8-15)21(29)30/h1-5,8-11H,6-7H2,(H,24,26)(H,25,27)(H,29,30). The van der Waals surface area contributed by atoms with Crippen molar-refractivity contribution in [1.29, 1.82) is 0 Å². The molecule has 1 aromatic heterocycles. The maximum absolute atomic E-state index is 12.4. The molecule has 0 spiro atoms. The molecule has 158 valence electrons. The van der Waals surface area contributed by atoms with E-state index >= 15 is 0 Å². The van der Waals surface area contributed by atoms with Crippen LogP contribution in [0.25, 0.3) is 11.0 Å². The summed E-state index contributed by atoms with van der Waals surface area (Å²) in [7, 11) is 0. The van der Waals surface area contributed by atoms with Gasteiger partial charge in [0.25, 0.3) is 0 Å². The van der Waals surface area contributed by atoms with E-state index in [4.69, 9.17) is 21.1 Å². The van der Waals surface area contributed by atoms with Gasteiger partial charge in [-0.1, -0.05) is 17.7 Å². The molecule has 0 atom stereocenters. The summed E-state index contributed by atoms with van der Waals surface area (Å²) < 4.78 is 5.34. The van der Waals surface area contributed by atoms with E-state index in [0.29, 0.717) is 21.7 Å². The molecular weight excluding hydrogens is 426 g/mol. The molecule has 0 aliphatic carbocycles. The van der Waals surface area contributed by atoms with Crippen LogP contribution in [-0.2, 0) is 9.59 Å². The van der Waals surface area contributed by atoms with Crippen LogP contribution in [0.5, 0.6) is 0 Å². The second-order valence-electron chi connectivity index (χ2n) is 6.39. The summed E-state index contributed by atoms with van der Waals surface area (Å²) in [6.07, 6.45) is 2.05. The average molecular weight is 442 g/mol. The van der Waals surface area contributed by atoms with Gasteiger partial charge in [0.1, 0.15) is 11.8 Å². The van der Waals surface area contributed by atoms with Crippen LogP contribution in [0.4, 0.5) is 5.69 Å². The predicted octanol–water partition coefficient (Wildman–Crippen LogP) is 3.01. The molecular formula is C21H16ClN3O6. The number of fused-ring (bicyclic) bond motifs is 1. The number of nitrogens with one attached hydrogen (secondary N) is 2. The molecule has 0 saturated carbocycles. The van der Waals surface area contributed by atoms with Crippen molar-refractivity contribution >= 4 is 52.3 Å². The van der Waals surface area contributed by atoms with Crippen molar-refractivity contribution in [3.05, 3.63) is 75.1 Å². The smallest absolute Gasteiger partial charge is 0.335 e. The summed E-state index contributed by atoms with van der Waals surface area (Å²) in [6, 6.07) is 10.4. The molecule has 3 N–H and O–H groups in total. The summed E-state index contributed by atoms with van der Waals surface area (Å²) >= 11 is 5.86. The number of anilines is 1. The van der Waals surface area contributed by atoms with Gasteiger partial charge in [-0.15, -0.1) is 0 Å². The van der Waals surface area contributed by atoms with Crippen molar-refractivity contribution in [3.8, 4) is 0 Å². The summed E-state index contributed by atoms with van der Waals surface area (Å²) in [5.74, 6) is -2.12. The lowest BCUT2D eigenvalue weighted by Gasteiger charge is -2.05. The van der Waals surface area contributed by atoms with Gasteiger partial charge in [0, 0.05) is 29.6 Å². The highest BCUT2D eigenvalue weighted by Gasteiger charge is 2.09. The molecule has 0 bridgehead atoms. The van der Waals surface area contributed by atoms with Crippen LogP contribution in [-0.4, -0.2) is 29.1 Å². The van der Waals surface area contributed by atoms with Crippen molar-refractivity contribution in [3.63, 3.8) is 0 Å². The van der Waals surface area contributed by atoms with Gasteiger partial charge >= 0.3 is 5.97 Å². The van der Waals surface area contributed by atoms with E-state index in [1.54, 1.807) is 6.07 Å². The summed E-state index contributed by atoms with van der Waals surface area (Å²) in [5, 5.41) is 15.9. The molecule has 0 unspecified atom stereocenters. The zero-order valence-corrected chi connectivity index (χ0v) is 16.7. The number of carbonyl (C=O) groups is 3. The second-order valence-corrected chi connectivity index (χ2v) is 6.82. The molecule has 2 aromatic carbocycles. The quantitative estimate of drug-likeness (QED) is 0.380. The number of nitrogens with zero attached hydrogens (tertiary/aromatic N) is 1. The molecule has 1 heterocycles. The molecule has 0 radical (unpaired) electrons. The molecule has 10 heteroatoms. The Morgan fingerprint density at radius 3 is 2.65 bits per heavy atom. The van der Waals surface area contributed by atoms with Crippen LogP contribution in [0.2, 0.25) is 5.02 Å². The fourth-order valence-electron chi connectivity index (χ4n) is 2.62. The van der Waals surface area contributed by atoms with Gasteiger partial charge in [0.15, 0.2) is 0 Å². The van der Waals surface area contributed by atoms with Crippen LogP contribution >= 0.6 is 11.6 Å². The van der Waals surface area contributed by atoms with Crippen LogP contribution in [0.15, 0.2) is 63.0 Å². The van der Waals surface area contributed by atoms with E-state index in [-0.39, 0.29) is 29.4 Å². The van der Waals surface area contributed by atoms with Gasteiger partial charge < -0.3 is 14.8 Å². The van der Waals surface area contributed by atoms with E-state index in [9.17, 15) is 19.2 Å². The first-order chi connectivity index (χ1) is 14.8. The molecule has 3 aromatic rings. The van der Waals surface area contributed by atoms with Gasteiger partial charge in [0.05, 0.1) is 22.7 Å². The van der Waals surface area contributed by atoms with Gasteiger partial charge in [-0.3, -0.25) is 14.4 Å². The van der Waals surface area contributed by atoms with Crippen molar-refractivity contribution in [2.24, 2.45) is 5.10 Å². The fourth-order valence-corrected chi connectivity index (χ4v) is 2.78. The Balaban J connectivity index is 1.52. The van der Waals surface area contributed by atoms with Gasteiger partial charge in [-0.25, -0.2) is 10.2 Å². The number of hydrogen-bond acceptors (Lipinski definition) is 6. The minimum absolute atomic E-state index is 0.0335. The molecule has 2 amide bonds. The summed E-state index contributed by atoms with van der Waals surface area (Å²) in [4.78, 5) is 47.1. The first-order valence-corrected chi connectivity index (χ1v) is 9.37. The molecule has 31 heavy (non-hydrogen) atoms. The van der Waals surface area contributed by atoms with Crippen molar-refractivity contribution in [2.45, 2.75) is 12.8 Å². The Labute approximate surface area is 180 Å². The molecule has 9 nitrogen and oxygen atoms in total. The third-order valence-corrected chi connectivity index (χ3v) is 4.36. The Kier molecular flexibility index (Phi) is 6.78. The minimum atomic E-state index is -1.11. The number of hydrogen-bond donors (Lipinski definition) is 3. The van der Waals surface area contributed by atoms with Crippen molar-refractivity contribution in [2.75, 3.05) is 5.32 Å². The number of rotatable bonds is 7. The molecule has 0 aliphatic rings. The predicted molar refractivity (Wildman–Crippen MR) is 114 cm³/mol. The number of benzene rings is 2. The average Bonchev–Trinajstić information content (AvgIpc) is 2.74. The number of aromatic carboxylic acids is 1. The SMILES string of the molecule is O=C(CCC(=O)Nc1cccc(C(=O)O)c1)NN=Cc1coc2cc(Cl)ccc2c1=O. The van der Waals surface area contributed by atoms with E-state index in [1.165, 1.54) is 42.7 Å². The maximum atomic E-state index is 12.4. The normalized spacial score (nSPS) is 10.9. The van der Waals surface area contributed by atoms with Crippen LogP contribution in [0, 0.1) is 0 Å². The Bertz CT molecular complexity index is 1250. The number of hydrazone groups is 1. The topological polar surface area (TPSA) is 138 Å². The number of carbonyl (C=O) groups excluding carboxylic acids is 2. The van der Waals surface area contributed by atoms with Crippen molar-refractivity contribution < 1.29 is 23.9 Å². The Morgan fingerprint density at radius 2 is 1.87 bits per heavy atom.